The lowest BCUT2D eigenvalue weighted by Crippen LogP contribution is -2.56. The molecular formula is C27H30N8O3. The second-order valence-electron chi connectivity index (χ2n) is 10.2. The first-order valence-corrected chi connectivity index (χ1v) is 12.8. The molecule has 0 bridgehead atoms. The minimum Gasteiger partial charge on any atom is -0.372 e. The van der Waals surface area contributed by atoms with Crippen molar-refractivity contribution in [2.75, 3.05) is 36.9 Å². The molecule has 1 aliphatic heterocycles. The van der Waals surface area contributed by atoms with Crippen molar-refractivity contribution in [3.8, 4) is 11.3 Å². The number of hydrogen-bond donors (Lipinski definition) is 3. The Morgan fingerprint density at radius 3 is 2.76 bits per heavy atom. The Morgan fingerprint density at radius 2 is 2.00 bits per heavy atom. The molecule has 0 atom stereocenters. The van der Waals surface area contributed by atoms with Crippen LogP contribution in [-0.4, -0.2) is 73.3 Å². The molecular weight excluding hydrogens is 484 g/mol. The number of aryl methyl sites for hydroxylation is 2. The summed E-state index contributed by atoms with van der Waals surface area (Å²) in [7, 11) is 1.86. The lowest BCUT2D eigenvalue weighted by atomic mass is 9.79. The van der Waals surface area contributed by atoms with Gasteiger partial charge in [-0.3, -0.25) is 24.2 Å². The Labute approximate surface area is 219 Å². The van der Waals surface area contributed by atoms with Crippen molar-refractivity contribution in [2.24, 2.45) is 7.05 Å². The number of hydrogen-bond acceptors (Lipinski definition) is 7. The molecule has 4 aromatic rings. The highest BCUT2D eigenvalue weighted by atomic mass is 16.5. The van der Waals surface area contributed by atoms with E-state index in [1.807, 2.05) is 19.3 Å². The smallest absolute Gasteiger partial charge is 0.257 e. The first-order valence-electron chi connectivity index (χ1n) is 12.8. The van der Waals surface area contributed by atoms with Crippen LogP contribution in [0.3, 0.4) is 0 Å². The van der Waals surface area contributed by atoms with E-state index in [1.165, 1.54) is 12.6 Å². The van der Waals surface area contributed by atoms with Crippen LogP contribution in [0.5, 0.6) is 0 Å². The van der Waals surface area contributed by atoms with E-state index in [4.69, 9.17) is 4.74 Å². The van der Waals surface area contributed by atoms with Crippen LogP contribution in [0.1, 0.15) is 35.3 Å². The fourth-order valence-corrected chi connectivity index (χ4v) is 5.11. The van der Waals surface area contributed by atoms with E-state index in [1.54, 1.807) is 36.1 Å². The van der Waals surface area contributed by atoms with Crippen molar-refractivity contribution in [2.45, 2.75) is 31.8 Å². The summed E-state index contributed by atoms with van der Waals surface area (Å²) >= 11 is 0. The van der Waals surface area contributed by atoms with E-state index in [0.29, 0.717) is 41.4 Å². The minimum absolute atomic E-state index is 0.0556. The predicted octanol–water partition coefficient (Wildman–Crippen LogP) is 3.11. The summed E-state index contributed by atoms with van der Waals surface area (Å²) in [6, 6.07) is 5.47. The molecule has 3 N–H and O–H groups in total. The standard InChI is InChI=1S/C27H30N8O3/c1-17-22(10-21(13-28-17)31-24(36)15-35-6-7-38-27(16-35)4-3-5-27)33-26(37)19-8-18-9-23(32-25(18)29-11-19)20-12-30-34(2)14-20/h8-14H,3-7,15-16H2,1-2H3,(H,29,32)(H,31,36)(H,33,37). The Bertz CT molecular complexity index is 1520. The first-order chi connectivity index (χ1) is 18.4. The van der Waals surface area contributed by atoms with Crippen LogP contribution in [0.2, 0.25) is 0 Å². The van der Waals surface area contributed by atoms with Crippen LogP contribution in [0.15, 0.2) is 43.0 Å². The van der Waals surface area contributed by atoms with Crippen LogP contribution in [0.25, 0.3) is 22.3 Å². The van der Waals surface area contributed by atoms with E-state index in [9.17, 15) is 9.59 Å². The Kier molecular flexibility index (Phi) is 6.16. The highest BCUT2D eigenvalue weighted by molar-refractivity contribution is 6.06. The molecule has 0 radical (unpaired) electrons. The van der Waals surface area contributed by atoms with Gasteiger partial charge in [-0.15, -0.1) is 0 Å². The zero-order chi connectivity index (χ0) is 26.3. The molecule has 2 fully saturated rings. The number of carbonyl (C=O) groups excluding carboxylic acids is 2. The lowest BCUT2D eigenvalue weighted by Gasteiger charge is -2.48. The molecule has 0 unspecified atom stereocenters. The SMILES string of the molecule is Cc1ncc(NC(=O)CN2CCOC3(CCC3)C2)cc1NC(=O)c1cnc2[nH]c(-c3cnn(C)c3)cc2c1. The van der Waals surface area contributed by atoms with Crippen molar-refractivity contribution in [3.05, 3.63) is 54.2 Å². The fraction of sp³-hybridized carbons (Fsp3) is 0.370. The average molecular weight is 515 g/mol. The second-order valence-corrected chi connectivity index (χ2v) is 10.2. The molecule has 1 saturated carbocycles. The monoisotopic (exact) mass is 514 g/mol. The van der Waals surface area contributed by atoms with Gasteiger partial charge in [0.05, 0.1) is 59.5 Å². The number of rotatable bonds is 6. The maximum atomic E-state index is 13.1. The number of H-pyrrole nitrogens is 1. The van der Waals surface area contributed by atoms with Gasteiger partial charge in [0.1, 0.15) is 5.65 Å². The van der Waals surface area contributed by atoms with Crippen molar-refractivity contribution >= 4 is 34.2 Å². The number of fused-ring (bicyclic) bond motifs is 1. The Balaban J connectivity index is 1.12. The molecule has 1 spiro atoms. The lowest BCUT2D eigenvalue weighted by molar-refractivity contribution is -0.153. The maximum Gasteiger partial charge on any atom is 0.257 e. The van der Waals surface area contributed by atoms with Crippen molar-refractivity contribution < 1.29 is 14.3 Å². The zero-order valence-electron chi connectivity index (χ0n) is 21.5. The van der Waals surface area contributed by atoms with Gasteiger partial charge in [-0.05, 0) is 44.4 Å². The highest BCUT2D eigenvalue weighted by Crippen LogP contribution is 2.38. The van der Waals surface area contributed by atoms with E-state index in [0.717, 1.165) is 42.6 Å². The summed E-state index contributed by atoms with van der Waals surface area (Å²) in [5.41, 5.74) is 4.56. The molecule has 6 rings (SSSR count). The van der Waals surface area contributed by atoms with E-state index < -0.39 is 0 Å². The number of carbonyl (C=O) groups is 2. The van der Waals surface area contributed by atoms with E-state index in [2.05, 4.69) is 35.6 Å². The number of pyridine rings is 2. The summed E-state index contributed by atoms with van der Waals surface area (Å²) in [5, 5.41) is 10.9. The normalized spacial score (nSPS) is 16.9. The number of aromatic amines is 1. The Morgan fingerprint density at radius 1 is 1.13 bits per heavy atom. The van der Waals surface area contributed by atoms with Gasteiger partial charge in [0.2, 0.25) is 5.91 Å². The summed E-state index contributed by atoms with van der Waals surface area (Å²) in [5.74, 6) is -0.424. The molecule has 1 aliphatic carbocycles. The molecule has 11 nitrogen and oxygen atoms in total. The largest absolute Gasteiger partial charge is 0.372 e. The number of nitrogens with one attached hydrogen (secondary N) is 3. The quantitative estimate of drug-likeness (QED) is 0.360. The second kappa shape index (κ2) is 9.66. The number of amides is 2. The van der Waals surface area contributed by atoms with Crippen molar-refractivity contribution in [3.63, 3.8) is 0 Å². The molecule has 2 aliphatic rings. The number of ether oxygens (including phenoxy) is 1. The van der Waals surface area contributed by atoms with Crippen LogP contribution >= 0.6 is 0 Å². The van der Waals surface area contributed by atoms with Crippen molar-refractivity contribution in [1.29, 1.82) is 0 Å². The summed E-state index contributed by atoms with van der Waals surface area (Å²) in [4.78, 5) is 40.0. The summed E-state index contributed by atoms with van der Waals surface area (Å²) < 4.78 is 7.68. The van der Waals surface area contributed by atoms with Gasteiger partial charge in [-0.2, -0.15) is 5.10 Å². The average Bonchev–Trinajstić information content (AvgIpc) is 3.50. The number of anilines is 2. The molecule has 196 valence electrons. The highest BCUT2D eigenvalue weighted by Gasteiger charge is 2.42. The fourth-order valence-electron chi connectivity index (χ4n) is 5.11. The van der Waals surface area contributed by atoms with Crippen LogP contribution < -0.4 is 10.6 Å². The molecule has 2 amide bonds. The zero-order valence-corrected chi connectivity index (χ0v) is 21.5. The van der Waals surface area contributed by atoms with Crippen LogP contribution in [0, 0.1) is 6.92 Å². The molecule has 1 saturated heterocycles. The van der Waals surface area contributed by atoms with Crippen molar-refractivity contribution in [1.82, 2.24) is 29.6 Å². The summed E-state index contributed by atoms with van der Waals surface area (Å²) in [6.45, 7) is 4.29. The van der Waals surface area contributed by atoms with Gasteiger partial charge in [0, 0.05) is 43.5 Å². The molecule has 0 aromatic carbocycles. The summed E-state index contributed by atoms with van der Waals surface area (Å²) in [6.07, 6.45) is 10.1. The van der Waals surface area contributed by atoms with Gasteiger partial charge in [0.25, 0.3) is 5.91 Å². The third-order valence-electron chi connectivity index (χ3n) is 7.33. The Hall–Kier alpha value is -4.09. The maximum absolute atomic E-state index is 13.1. The minimum atomic E-state index is -0.309. The van der Waals surface area contributed by atoms with Crippen LogP contribution in [0.4, 0.5) is 11.4 Å². The molecule has 5 heterocycles. The van der Waals surface area contributed by atoms with Gasteiger partial charge >= 0.3 is 0 Å². The van der Waals surface area contributed by atoms with E-state index >= 15 is 0 Å². The van der Waals surface area contributed by atoms with Gasteiger partial charge < -0.3 is 20.4 Å². The van der Waals surface area contributed by atoms with Crippen LogP contribution in [-0.2, 0) is 16.6 Å². The number of aromatic nitrogens is 5. The molecule has 11 heteroatoms. The first kappa shape index (κ1) is 24.3. The molecule has 4 aromatic heterocycles. The number of morpholine rings is 1. The molecule has 38 heavy (non-hydrogen) atoms. The predicted molar refractivity (Wildman–Crippen MR) is 143 cm³/mol. The third-order valence-corrected chi connectivity index (χ3v) is 7.33. The topological polar surface area (TPSA) is 130 Å². The third kappa shape index (κ3) is 4.90. The van der Waals surface area contributed by atoms with Gasteiger partial charge in [-0.25, -0.2) is 4.98 Å². The van der Waals surface area contributed by atoms with Gasteiger partial charge in [-0.1, -0.05) is 0 Å². The number of nitrogens with zero attached hydrogens (tertiary/aromatic N) is 5. The van der Waals surface area contributed by atoms with E-state index in [-0.39, 0.29) is 17.4 Å². The van der Waals surface area contributed by atoms with Gasteiger partial charge in [0.15, 0.2) is 0 Å².